The fourth-order valence-electron chi connectivity index (χ4n) is 12.3. The summed E-state index contributed by atoms with van der Waals surface area (Å²) in [5.41, 5.74) is 0. The summed E-state index contributed by atoms with van der Waals surface area (Å²) >= 11 is 0. The summed E-state index contributed by atoms with van der Waals surface area (Å²) in [4.78, 5) is 73.2. The number of hydrogen-bond acceptors (Lipinski definition) is 15. The van der Waals surface area contributed by atoms with Crippen molar-refractivity contribution in [3.63, 3.8) is 0 Å². The van der Waals surface area contributed by atoms with Gasteiger partial charge in [-0.2, -0.15) is 0 Å². The third-order valence-electron chi connectivity index (χ3n) is 19.0. The van der Waals surface area contributed by atoms with Gasteiger partial charge in [0.1, 0.15) is 19.3 Å². The third kappa shape index (κ3) is 78.9. The van der Waals surface area contributed by atoms with Gasteiger partial charge in [-0.1, -0.05) is 358 Å². The minimum absolute atomic E-state index is 0.0905. The van der Waals surface area contributed by atoms with Crippen LogP contribution in [0, 0.1) is 0 Å². The molecule has 0 radical (unpaired) electrons. The number of allylic oxidation sites excluding steroid dienone is 10. The molecule has 0 saturated carbocycles. The van der Waals surface area contributed by atoms with E-state index in [4.69, 9.17) is 37.0 Å². The SMILES string of the molecule is CCCCC/C=C\C/C=C\C/C=C\C/C=C\CCCC(=O)OC[C@H](COP(=O)(O)OC[C@H](O)COP(=O)(O)OC[C@@H](COC(=O)CCCCCCC/C=C\CCCCCCCC)OC(=O)CCCCCCCCCCCCCCCCCCC)OC(=O)CCCCCCCCCCCCCCCCCCC. The molecule has 0 heterocycles. The molecule has 0 rings (SSSR count). The number of aliphatic hydroxyl groups is 1. The van der Waals surface area contributed by atoms with Gasteiger partial charge in [-0.05, 0) is 89.9 Å². The second-order valence-electron chi connectivity index (χ2n) is 29.5. The molecule has 0 aliphatic rings. The van der Waals surface area contributed by atoms with Gasteiger partial charge in [0.05, 0.1) is 26.4 Å². The van der Waals surface area contributed by atoms with Crippen LogP contribution >= 0.6 is 15.6 Å². The molecule has 0 spiro atoms. The van der Waals surface area contributed by atoms with E-state index in [0.717, 1.165) is 116 Å². The van der Waals surface area contributed by atoms with Crippen molar-refractivity contribution in [2.45, 2.75) is 431 Å². The number of aliphatic hydroxyl groups excluding tert-OH is 1. The number of hydrogen-bond donors (Lipinski definition) is 3. The van der Waals surface area contributed by atoms with Crippen LogP contribution in [0.2, 0.25) is 0 Å². The van der Waals surface area contributed by atoms with Crippen molar-refractivity contribution in [2.75, 3.05) is 39.6 Å². The Morgan fingerprint density at radius 3 is 0.774 bits per heavy atom. The average Bonchev–Trinajstić information content (AvgIpc) is 0.905. The maximum Gasteiger partial charge on any atom is 0.472 e. The summed E-state index contributed by atoms with van der Waals surface area (Å²) in [6, 6.07) is 0. The highest BCUT2D eigenvalue weighted by Gasteiger charge is 2.30. The zero-order chi connectivity index (χ0) is 77.4. The van der Waals surface area contributed by atoms with Crippen LogP contribution < -0.4 is 0 Å². The average molecular weight is 1540 g/mol. The van der Waals surface area contributed by atoms with Crippen LogP contribution in [0.1, 0.15) is 413 Å². The van der Waals surface area contributed by atoms with Crippen molar-refractivity contribution in [1.82, 2.24) is 0 Å². The molecule has 5 atom stereocenters. The van der Waals surface area contributed by atoms with E-state index in [-0.39, 0.29) is 25.7 Å². The lowest BCUT2D eigenvalue weighted by molar-refractivity contribution is -0.161. The van der Waals surface area contributed by atoms with Crippen molar-refractivity contribution in [3.8, 4) is 0 Å². The molecular formula is C87H160O17P2. The molecule has 19 heteroatoms. The highest BCUT2D eigenvalue weighted by atomic mass is 31.2. The van der Waals surface area contributed by atoms with E-state index in [1.807, 2.05) is 12.2 Å². The Labute approximate surface area is 648 Å². The largest absolute Gasteiger partial charge is 0.472 e. The standard InChI is InChI=1S/C87H160O17P2/c1-5-9-13-17-21-25-29-33-37-40-44-48-52-56-60-64-68-72-85(90)98-78-83(104-87(92)74-70-66-62-58-54-50-46-42-39-35-31-27-23-19-15-11-7-3)80-102-106(95,96)100-76-81(88)75-99-105(93,94)101-79-82(77-97-84(89)71-67-63-59-55-51-47-43-36-32-28-24-20-16-12-8-4)103-86(91)73-69-65-61-57-53-49-45-41-38-34-30-26-22-18-14-10-6-2/h21,25,33,36-37,43-44,48,56,60,81-83,88H,5-20,22-24,26-32,34-35,38-42,45-47,49-55,57-59,61-80H2,1-4H3,(H,93,94)(H,95,96)/b25-21-,37-33-,43-36-,48-44-,60-56-/t81-,82-,83-/m1/s1. The molecule has 0 aromatic rings. The van der Waals surface area contributed by atoms with Crippen LogP contribution in [0.15, 0.2) is 60.8 Å². The molecule has 2 unspecified atom stereocenters. The first kappa shape index (κ1) is 103. The number of unbranched alkanes of at least 4 members (excludes halogenated alkanes) is 47. The third-order valence-corrected chi connectivity index (χ3v) is 20.9. The number of ether oxygens (including phenoxy) is 4. The van der Waals surface area contributed by atoms with Crippen molar-refractivity contribution in [3.05, 3.63) is 60.8 Å². The maximum atomic E-state index is 13.1. The molecule has 0 amide bonds. The van der Waals surface area contributed by atoms with Gasteiger partial charge in [-0.3, -0.25) is 37.3 Å². The van der Waals surface area contributed by atoms with E-state index in [0.29, 0.717) is 32.1 Å². The van der Waals surface area contributed by atoms with Crippen molar-refractivity contribution in [2.24, 2.45) is 0 Å². The Morgan fingerprint density at radius 1 is 0.264 bits per heavy atom. The lowest BCUT2D eigenvalue weighted by Crippen LogP contribution is -2.30. The summed E-state index contributed by atoms with van der Waals surface area (Å²) in [5.74, 6) is -2.20. The van der Waals surface area contributed by atoms with E-state index in [1.54, 1.807) is 0 Å². The van der Waals surface area contributed by atoms with Crippen LogP contribution in [0.5, 0.6) is 0 Å². The molecule has 0 aromatic carbocycles. The summed E-state index contributed by atoms with van der Waals surface area (Å²) in [6.45, 7) is 4.90. The lowest BCUT2D eigenvalue weighted by Gasteiger charge is -2.21. The topological polar surface area (TPSA) is 237 Å². The molecule has 620 valence electrons. The van der Waals surface area contributed by atoms with Crippen LogP contribution in [-0.2, 0) is 65.4 Å². The predicted octanol–water partition coefficient (Wildman–Crippen LogP) is 25.8. The van der Waals surface area contributed by atoms with Crippen LogP contribution in [0.3, 0.4) is 0 Å². The molecule has 3 N–H and O–H groups in total. The van der Waals surface area contributed by atoms with Crippen LogP contribution in [-0.4, -0.2) is 96.7 Å². The second-order valence-corrected chi connectivity index (χ2v) is 32.4. The van der Waals surface area contributed by atoms with Gasteiger partial charge in [0.15, 0.2) is 12.2 Å². The van der Waals surface area contributed by atoms with Crippen LogP contribution in [0.4, 0.5) is 0 Å². The summed E-state index contributed by atoms with van der Waals surface area (Å²) in [5, 5.41) is 10.7. The molecule has 0 saturated heterocycles. The highest BCUT2D eigenvalue weighted by molar-refractivity contribution is 7.47. The lowest BCUT2D eigenvalue weighted by atomic mass is 10.0. The van der Waals surface area contributed by atoms with E-state index in [2.05, 4.69) is 76.3 Å². The molecule has 0 aromatic heterocycles. The summed E-state index contributed by atoms with van der Waals surface area (Å²) < 4.78 is 68.8. The fraction of sp³-hybridized carbons (Fsp3) is 0.839. The smallest absolute Gasteiger partial charge is 0.462 e. The van der Waals surface area contributed by atoms with Gasteiger partial charge in [0, 0.05) is 25.7 Å². The van der Waals surface area contributed by atoms with Crippen molar-refractivity contribution < 1.29 is 80.2 Å². The molecule has 0 fully saturated rings. The van der Waals surface area contributed by atoms with Gasteiger partial charge >= 0.3 is 39.5 Å². The molecular weight excluding hydrogens is 1380 g/mol. The molecule has 0 aliphatic heterocycles. The molecule has 0 bridgehead atoms. The normalized spacial score (nSPS) is 14.1. The summed E-state index contributed by atoms with van der Waals surface area (Å²) in [6.07, 6.45) is 81.8. The van der Waals surface area contributed by atoms with Gasteiger partial charge in [0.2, 0.25) is 0 Å². The highest BCUT2D eigenvalue weighted by Crippen LogP contribution is 2.45. The summed E-state index contributed by atoms with van der Waals surface area (Å²) in [7, 11) is -9.96. The monoisotopic (exact) mass is 1540 g/mol. The second kappa shape index (κ2) is 79.8. The number of esters is 4. The Kier molecular flexibility index (Phi) is 77.4. The number of phosphoric ester groups is 2. The first-order valence-electron chi connectivity index (χ1n) is 43.5. The van der Waals surface area contributed by atoms with E-state index in [9.17, 15) is 43.2 Å². The van der Waals surface area contributed by atoms with Crippen molar-refractivity contribution in [1.29, 1.82) is 0 Å². The quantitative estimate of drug-likeness (QED) is 0.0169. The van der Waals surface area contributed by atoms with E-state index < -0.39 is 97.5 Å². The van der Waals surface area contributed by atoms with Gasteiger partial charge < -0.3 is 33.8 Å². The molecule has 106 heavy (non-hydrogen) atoms. The zero-order valence-corrected chi connectivity index (χ0v) is 69.9. The van der Waals surface area contributed by atoms with Gasteiger partial charge in [0.25, 0.3) is 0 Å². The number of phosphoric acid groups is 2. The Bertz CT molecular complexity index is 2240. The predicted molar refractivity (Wildman–Crippen MR) is 437 cm³/mol. The van der Waals surface area contributed by atoms with Gasteiger partial charge in [-0.25, -0.2) is 9.13 Å². The van der Waals surface area contributed by atoms with Crippen molar-refractivity contribution >= 4 is 39.5 Å². The molecule has 17 nitrogen and oxygen atoms in total. The van der Waals surface area contributed by atoms with E-state index >= 15 is 0 Å². The van der Waals surface area contributed by atoms with E-state index in [1.165, 1.54) is 212 Å². The van der Waals surface area contributed by atoms with Gasteiger partial charge in [-0.15, -0.1) is 0 Å². The maximum absolute atomic E-state index is 13.1. The zero-order valence-electron chi connectivity index (χ0n) is 68.1. The Hall–Kier alpha value is -3.24. The minimum Gasteiger partial charge on any atom is -0.462 e. The number of carbonyl (C=O) groups is 4. The minimum atomic E-state index is -4.99. The number of carbonyl (C=O) groups excluding carboxylic acids is 4. The molecule has 0 aliphatic carbocycles. The Balaban J connectivity index is 5.37. The fourth-order valence-corrected chi connectivity index (χ4v) is 13.9. The number of rotatable bonds is 83. The first-order valence-corrected chi connectivity index (χ1v) is 46.5. The first-order chi connectivity index (χ1) is 51.7. The Morgan fingerprint density at radius 2 is 0.472 bits per heavy atom. The van der Waals surface area contributed by atoms with Crippen LogP contribution in [0.25, 0.3) is 0 Å².